The Hall–Kier alpha value is -2.04. The largest absolute Gasteiger partial charge is 0.352 e. The normalized spacial score (nSPS) is 12.9. The van der Waals surface area contributed by atoms with Crippen LogP contribution in [0.2, 0.25) is 10.0 Å². The van der Waals surface area contributed by atoms with Crippen LogP contribution >= 0.6 is 23.2 Å². The summed E-state index contributed by atoms with van der Waals surface area (Å²) in [5.74, 6) is -0.287. The first-order chi connectivity index (χ1) is 14.7. The van der Waals surface area contributed by atoms with Gasteiger partial charge in [0.15, 0.2) is 0 Å². The predicted molar refractivity (Wildman–Crippen MR) is 129 cm³/mol. The number of halogens is 2. The lowest BCUT2D eigenvalue weighted by Crippen LogP contribution is -2.51. The van der Waals surface area contributed by atoms with E-state index in [2.05, 4.69) is 5.32 Å². The Kier molecular flexibility index (Phi) is 9.39. The second-order valence-electron chi connectivity index (χ2n) is 8.07. The van der Waals surface area contributed by atoms with Crippen LogP contribution in [-0.4, -0.2) is 28.8 Å². The van der Waals surface area contributed by atoms with Gasteiger partial charge in [-0.15, -0.1) is 0 Å². The SMILES string of the molecule is CC[C@H](C)NC(=O)[C@H](CC)N(Cc1c(Cl)cccc1Cl)C(=O)Cc1cc(C)ccc1C. The number of rotatable bonds is 9. The average molecular weight is 463 g/mol. The third-order valence-electron chi connectivity index (χ3n) is 5.62. The van der Waals surface area contributed by atoms with Crippen molar-refractivity contribution in [2.24, 2.45) is 0 Å². The Bertz CT molecular complexity index is 909. The number of carbonyl (C=O) groups excluding carboxylic acids is 2. The van der Waals surface area contributed by atoms with Crippen molar-refractivity contribution in [2.45, 2.75) is 72.5 Å². The lowest BCUT2D eigenvalue weighted by Gasteiger charge is -2.32. The number of nitrogens with one attached hydrogen (secondary N) is 1. The van der Waals surface area contributed by atoms with Crippen molar-refractivity contribution >= 4 is 35.0 Å². The molecule has 2 rings (SSSR count). The molecule has 4 nitrogen and oxygen atoms in total. The summed E-state index contributed by atoms with van der Waals surface area (Å²) in [6.07, 6.45) is 1.51. The van der Waals surface area contributed by atoms with Crippen molar-refractivity contribution in [1.29, 1.82) is 0 Å². The molecular formula is C25H32Cl2N2O2. The number of benzene rings is 2. The molecule has 0 heterocycles. The molecule has 168 valence electrons. The van der Waals surface area contributed by atoms with Gasteiger partial charge in [-0.05, 0) is 56.9 Å². The highest BCUT2D eigenvalue weighted by Gasteiger charge is 2.30. The van der Waals surface area contributed by atoms with E-state index < -0.39 is 6.04 Å². The van der Waals surface area contributed by atoms with E-state index in [-0.39, 0.29) is 30.8 Å². The summed E-state index contributed by atoms with van der Waals surface area (Å²) in [6, 6.07) is 10.7. The average Bonchev–Trinajstić information content (AvgIpc) is 2.72. The molecule has 0 radical (unpaired) electrons. The Labute approximate surface area is 195 Å². The van der Waals surface area contributed by atoms with Crippen LogP contribution in [0.25, 0.3) is 0 Å². The molecule has 0 unspecified atom stereocenters. The van der Waals surface area contributed by atoms with Gasteiger partial charge in [0.2, 0.25) is 11.8 Å². The number of nitrogens with zero attached hydrogens (tertiary/aromatic N) is 1. The molecule has 2 aromatic carbocycles. The second kappa shape index (κ2) is 11.5. The topological polar surface area (TPSA) is 49.4 Å². The van der Waals surface area contributed by atoms with Crippen LogP contribution in [-0.2, 0) is 22.6 Å². The Balaban J connectivity index is 2.41. The first-order valence-corrected chi connectivity index (χ1v) is 11.5. The van der Waals surface area contributed by atoms with Crippen molar-refractivity contribution in [3.63, 3.8) is 0 Å². The monoisotopic (exact) mass is 462 g/mol. The molecule has 0 aliphatic carbocycles. The Morgan fingerprint density at radius 1 is 1.03 bits per heavy atom. The number of aryl methyl sites for hydroxylation is 2. The Morgan fingerprint density at radius 2 is 1.68 bits per heavy atom. The van der Waals surface area contributed by atoms with Gasteiger partial charge < -0.3 is 10.2 Å². The molecule has 0 spiro atoms. The molecule has 1 N–H and O–H groups in total. The number of amides is 2. The van der Waals surface area contributed by atoms with Crippen LogP contribution in [0.1, 0.15) is 55.9 Å². The summed E-state index contributed by atoms with van der Waals surface area (Å²) in [4.78, 5) is 28.2. The first kappa shape index (κ1) is 25.2. The van der Waals surface area contributed by atoms with Crippen LogP contribution in [0.4, 0.5) is 0 Å². The molecule has 6 heteroatoms. The minimum absolute atomic E-state index is 0.0291. The van der Waals surface area contributed by atoms with E-state index in [0.29, 0.717) is 22.0 Å². The van der Waals surface area contributed by atoms with Crippen molar-refractivity contribution in [1.82, 2.24) is 10.2 Å². The highest BCUT2D eigenvalue weighted by atomic mass is 35.5. The fourth-order valence-electron chi connectivity index (χ4n) is 3.47. The van der Waals surface area contributed by atoms with Gasteiger partial charge in [0.25, 0.3) is 0 Å². The van der Waals surface area contributed by atoms with Gasteiger partial charge in [0, 0.05) is 28.2 Å². The van der Waals surface area contributed by atoms with Gasteiger partial charge in [-0.1, -0.05) is 66.9 Å². The third-order valence-corrected chi connectivity index (χ3v) is 6.33. The van der Waals surface area contributed by atoms with Crippen molar-refractivity contribution < 1.29 is 9.59 Å². The van der Waals surface area contributed by atoms with Gasteiger partial charge >= 0.3 is 0 Å². The van der Waals surface area contributed by atoms with Gasteiger partial charge in [0.1, 0.15) is 6.04 Å². The van der Waals surface area contributed by atoms with E-state index in [0.717, 1.165) is 23.1 Å². The number of hydrogen-bond acceptors (Lipinski definition) is 2. The smallest absolute Gasteiger partial charge is 0.243 e. The summed E-state index contributed by atoms with van der Waals surface area (Å²) in [7, 11) is 0. The summed E-state index contributed by atoms with van der Waals surface area (Å²) >= 11 is 12.8. The van der Waals surface area contributed by atoms with Gasteiger partial charge in [-0.25, -0.2) is 0 Å². The van der Waals surface area contributed by atoms with Crippen molar-refractivity contribution in [2.75, 3.05) is 0 Å². The molecule has 0 saturated carbocycles. The van der Waals surface area contributed by atoms with Crippen molar-refractivity contribution in [3.8, 4) is 0 Å². The number of hydrogen-bond donors (Lipinski definition) is 1. The third kappa shape index (κ3) is 6.72. The molecular weight excluding hydrogens is 431 g/mol. The van der Waals surface area contributed by atoms with Gasteiger partial charge in [-0.3, -0.25) is 9.59 Å². The highest BCUT2D eigenvalue weighted by Crippen LogP contribution is 2.27. The lowest BCUT2D eigenvalue weighted by atomic mass is 10.0. The maximum Gasteiger partial charge on any atom is 0.243 e. The first-order valence-electron chi connectivity index (χ1n) is 10.8. The van der Waals surface area contributed by atoms with Crippen LogP contribution in [0.15, 0.2) is 36.4 Å². The van der Waals surface area contributed by atoms with Crippen LogP contribution in [0.3, 0.4) is 0 Å². The molecule has 0 aliphatic heterocycles. The van der Waals surface area contributed by atoms with E-state index >= 15 is 0 Å². The highest BCUT2D eigenvalue weighted by molar-refractivity contribution is 6.36. The van der Waals surface area contributed by atoms with Crippen molar-refractivity contribution in [3.05, 3.63) is 68.7 Å². The molecule has 0 aliphatic rings. The maximum absolute atomic E-state index is 13.5. The molecule has 0 bridgehead atoms. The quantitative estimate of drug-likeness (QED) is 0.505. The lowest BCUT2D eigenvalue weighted by molar-refractivity contribution is -0.141. The van der Waals surface area contributed by atoms with Gasteiger partial charge in [0.05, 0.1) is 6.42 Å². The predicted octanol–water partition coefficient (Wildman–Crippen LogP) is 5.87. The summed E-state index contributed by atoms with van der Waals surface area (Å²) in [6.45, 7) is 10.0. The van der Waals surface area contributed by atoms with Crippen LogP contribution < -0.4 is 5.32 Å². The maximum atomic E-state index is 13.5. The summed E-state index contributed by atoms with van der Waals surface area (Å²) in [5.41, 5.74) is 3.75. The zero-order chi connectivity index (χ0) is 23.1. The molecule has 0 fully saturated rings. The van der Waals surface area contributed by atoms with E-state index in [1.165, 1.54) is 0 Å². The fourth-order valence-corrected chi connectivity index (χ4v) is 3.99. The fraction of sp³-hybridized carbons (Fsp3) is 0.440. The zero-order valence-corrected chi connectivity index (χ0v) is 20.5. The summed E-state index contributed by atoms with van der Waals surface area (Å²) in [5, 5.41) is 3.98. The second-order valence-corrected chi connectivity index (χ2v) is 8.88. The molecule has 2 aromatic rings. The molecule has 2 atom stereocenters. The number of carbonyl (C=O) groups is 2. The van der Waals surface area contributed by atoms with E-state index in [1.54, 1.807) is 23.1 Å². The van der Waals surface area contributed by atoms with Gasteiger partial charge in [-0.2, -0.15) is 0 Å². The molecule has 0 saturated heterocycles. The molecule has 2 amide bonds. The molecule has 0 aromatic heterocycles. The van der Waals surface area contributed by atoms with E-state index in [1.807, 2.05) is 52.8 Å². The van der Waals surface area contributed by atoms with E-state index in [4.69, 9.17) is 23.2 Å². The van der Waals surface area contributed by atoms with Crippen LogP contribution in [0.5, 0.6) is 0 Å². The van der Waals surface area contributed by atoms with Crippen LogP contribution in [0, 0.1) is 13.8 Å². The Morgan fingerprint density at radius 3 is 2.26 bits per heavy atom. The minimum Gasteiger partial charge on any atom is -0.352 e. The zero-order valence-electron chi connectivity index (χ0n) is 19.0. The van der Waals surface area contributed by atoms with E-state index in [9.17, 15) is 9.59 Å². The minimum atomic E-state index is -0.612. The summed E-state index contributed by atoms with van der Waals surface area (Å²) < 4.78 is 0. The molecule has 31 heavy (non-hydrogen) atoms. The standard InChI is InChI=1S/C25H32Cl2N2O2/c1-6-18(5)28-25(31)23(7-2)29(15-20-21(26)9-8-10-22(20)27)24(30)14-19-13-16(3)11-12-17(19)4/h8-13,18,23H,6-7,14-15H2,1-5H3,(H,28,31)/t18-,23-/m0/s1.